The van der Waals surface area contributed by atoms with Crippen LogP contribution in [0.25, 0.3) is 0 Å². The number of carboxylic acids is 1. The second-order valence-corrected chi connectivity index (χ2v) is 7.85. The van der Waals surface area contributed by atoms with Gasteiger partial charge in [0.1, 0.15) is 11.3 Å². The Kier molecular flexibility index (Phi) is 4.55. The molecule has 1 N–H and O–H groups in total. The van der Waals surface area contributed by atoms with Crippen LogP contribution in [0.3, 0.4) is 0 Å². The highest BCUT2D eigenvalue weighted by molar-refractivity contribution is 5.91. The molecular formula is C19H28O3. The number of aryl methyl sites for hydroxylation is 1. The summed E-state index contributed by atoms with van der Waals surface area (Å²) in [5.41, 5.74) is 2.87. The van der Waals surface area contributed by atoms with Crippen molar-refractivity contribution in [1.82, 2.24) is 0 Å². The van der Waals surface area contributed by atoms with Crippen LogP contribution in [0, 0.1) is 17.3 Å². The number of rotatable bonds is 3. The van der Waals surface area contributed by atoms with E-state index in [1.807, 2.05) is 12.1 Å². The summed E-state index contributed by atoms with van der Waals surface area (Å²) in [4.78, 5) is 11.4. The summed E-state index contributed by atoms with van der Waals surface area (Å²) in [6.07, 6.45) is 2.08. The lowest BCUT2D eigenvalue weighted by molar-refractivity contribution is 0.0693. The van der Waals surface area contributed by atoms with Crippen LogP contribution in [-0.2, 0) is 6.42 Å². The Labute approximate surface area is 133 Å². The van der Waals surface area contributed by atoms with Gasteiger partial charge in [-0.15, -0.1) is 0 Å². The highest BCUT2D eigenvalue weighted by atomic mass is 16.5. The summed E-state index contributed by atoms with van der Waals surface area (Å²) in [6.45, 7) is 11.4. The van der Waals surface area contributed by atoms with Gasteiger partial charge in [-0.3, -0.25) is 0 Å². The smallest absolute Gasteiger partial charge is 0.339 e. The first kappa shape index (κ1) is 16.9. The fourth-order valence-corrected chi connectivity index (χ4v) is 4.03. The van der Waals surface area contributed by atoms with E-state index >= 15 is 0 Å². The summed E-state index contributed by atoms with van der Waals surface area (Å²) >= 11 is 0. The quantitative estimate of drug-likeness (QED) is 0.877. The Hall–Kier alpha value is -1.51. The lowest BCUT2D eigenvalue weighted by Gasteiger charge is -2.44. The van der Waals surface area contributed by atoms with E-state index < -0.39 is 5.97 Å². The average Bonchev–Trinajstić information content (AvgIpc) is 2.42. The monoisotopic (exact) mass is 304 g/mol. The molecule has 0 bridgehead atoms. The number of carboxylic acid groups (broad SMARTS) is 1. The van der Waals surface area contributed by atoms with Crippen LogP contribution in [0.2, 0.25) is 0 Å². The zero-order valence-electron chi connectivity index (χ0n) is 14.6. The van der Waals surface area contributed by atoms with E-state index in [9.17, 15) is 9.90 Å². The highest BCUT2D eigenvalue weighted by Gasteiger charge is 2.39. The second-order valence-electron chi connectivity index (χ2n) is 7.85. The van der Waals surface area contributed by atoms with Crippen LogP contribution in [0.15, 0.2) is 12.1 Å². The number of hydrogen-bond acceptors (Lipinski definition) is 2. The zero-order valence-corrected chi connectivity index (χ0v) is 14.6. The average molecular weight is 304 g/mol. The highest BCUT2D eigenvalue weighted by Crippen LogP contribution is 2.50. The Morgan fingerprint density at radius 1 is 1.32 bits per heavy atom. The van der Waals surface area contributed by atoms with Crippen molar-refractivity contribution in [3.8, 4) is 5.75 Å². The molecule has 0 aliphatic heterocycles. The SMILES string of the molecule is COc1cc2c(cc1C(=O)O)CCC(C(C)C)C2C(C)(C)C. The molecule has 0 fully saturated rings. The third-order valence-corrected chi connectivity index (χ3v) is 4.99. The minimum atomic E-state index is -0.919. The van der Waals surface area contributed by atoms with Gasteiger partial charge in [0.15, 0.2) is 0 Å². The topological polar surface area (TPSA) is 46.5 Å². The van der Waals surface area contributed by atoms with Gasteiger partial charge in [-0.05, 0) is 59.3 Å². The van der Waals surface area contributed by atoms with E-state index in [0.29, 0.717) is 23.5 Å². The van der Waals surface area contributed by atoms with Gasteiger partial charge in [-0.25, -0.2) is 4.79 Å². The van der Waals surface area contributed by atoms with Gasteiger partial charge in [-0.1, -0.05) is 34.6 Å². The predicted octanol–water partition coefficient (Wildman–Crippen LogP) is 4.74. The molecule has 1 aromatic carbocycles. The standard InChI is InChI=1S/C19H28O3/c1-11(2)13-8-7-12-9-15(18(20)21)16(22-6)10-14(12)17(13)19(3,4)5/h9-11,13,17H,7-8H2,1-6H3,(H,20,21). The predicted molar refractivity (Wildman–Crippen MR) is 88.8 cm³/mol. The number of aromatic carboxylic acids is 1. The minimum absolute atomic E-state index is 0.139. The number of ether oxygens (including phenoxy) is 1. The number of fused-ring (bicyclic) bond motifs is 1. The molecule has 3 heteroatoms. The number of hydrogen-bond donors (Lipinski definition) is 1. The first-order chi connectivity index (χ1) is 10.2. The van der Waals surface area contributed by atoms with Crippen LogP contribution in [0.1, 0.15) is 68.4 Å². The summed E-state index contributed by atoms with van der Waals surface area (Å²) in [5.74, 6) is 1.21. The molecule has 2 rings (SSSR count). The first-order valence-corrected chi connectivity index (χ1v) is 8.11. The fraction of sp³-hybridized carbons (Fsp3) is 0.632. The third kappa shape index (κ3) is 2.99. The Morgan fingerprint density at radius 2 is 1.95 bits per heavy atom. The van der Waals surface area contributed by atoms with Crippen LogP contribution < -0.4 is 4.74 Å². The summed E-state index contributed by atoms with van der Waals surface area (Å²) < 4.78 is 5.35. The maximum atomic E-state index is 11.4. The molecule has 1 aromatic rings. The van der Waals surface area contributed by atoms with Gasteiger partial charge < -0.3 is 9.84 Å². The molecule has 0 radical (unpaired) electrons. The van der Waals surface area contributed by atoms with Crippen LogP contribution in [0.4, 0.5) is 0 Å². The van der Waals surface area contributed by atoms with Gasteiger partial charge in [-0.2, -0.15) is 0 Å². The second kappa shape index (κ2) is 5.94. The maximum Gasteiger partial charge on any atom is 0.339 e. The first-order valence-electron chi connectivity index (χ1n) is 8.11. The lowest BCUT2D eigenvalue weighted by atomic mass is 9.61. The fourth-order valence-electron chi connectivity index (χ4n) is 4.03. The van der Waals surface area contributed by atoms with Crippen molar-refractivity contribution in [2.45, 2.75) is 53.4 Å². The molecular weight excluding hydrogens is 276 g/mol. The molecule has 22 heavy (non-hydrogen) atoms. The van der Waals surface area contributed by atoms with Gasteiger partial charge in [0.05, 0.1) is 7.11 Å². The Balaban J connectivity index is 2.62. The number of benzene rings is 1. The lowest BCUT2D eigenvalue weighted by Crippen LogP contribution is -2.33. The van der Waals surface area contributed by atoms with Crippen LogP contribution in [0.5, 0.6) is 5.75 Å². The van der Waals surface area contributed by atoms with E-state index in [2.05, 4.69) is 34.6 Å². The van der Waals surface area contributed by atoms with Crippen molar-refractivity contribution < 1.29 is 14.6 Å². The van der Waals surface area contributed by atoms with E-state index in [0.717, 1.165) is 12.8 Å². The molecule has 0 heterocycles. The molecule has 1 aliphatic rings. The third-order valence-electron chi connectivity index (χ3n) is 4.99. The minimum Gasteiger partial charge on any atom is -0.496 e. The van der Waals surface area contributed by atoms with Crippen molar-refractivity contribution in [1.29, 1.82) is 0 Å². The van der Waals surface area contributed by atoms with Gasteiger partial charge in [0.2, 0.25) is 0 Å². The molecule has 0 saturated carbocycles. The van der Waals surface area contributed by atoms with E-state index in [4.69, 9.17) is 4.74 Å². The number of carbonyl (C=O) groups is 1. The van der Waals surface area contributed by atoms with Gasteiger partial charge in [0.25, 0.3) is 0 Å². The molecule has 122 valence electrons. The van der Waals surface area contributed by atoms with Crippen molar-refractivity contribution in [3.63, 3.8) is 0 Å². The van der Waals surface area contributed by atoms with Crippen LogP contribution in [-0.4, -0.2) is 18.2 Å². The maximum absolute atomic E-state index is 11.4. The van der Waals surface area contributed by atoms with Crippen molar-refractivity contribution >= 4 is 5.97 Å². The largest absolute Gasteiger partial charge is 0.496 e. The molecule has 0 saturated heterocycles. The van der Waals surface area contributed by atoms with E-state index in [1.54, 1.807) is 7.11 Å². The molecule has 1 aliphatic carbocycles. The molecule has 0 spiro atoms. The number of methoxy groups -OCH3 is 1. The van der Waals surface area contributed by atoms with Crippen molar-refractivity contribution in [3.05, 3.63) is 28.8 Å². The molecule has 2 unspecified atom stereocenters. The van der Waals surface area contributed by atoms with E-state index in [-0.39, 0.29) is 11.0 Å². The molecule has 2 atom stereocenters. The Morgan fingerprint density at radius 3 is 2.41 bits per heavy atom. The molecule has 0 aromatic heterocycles. The summed E-state index contributed by atoms with van der Waals surface area (Å²) in [7, 11) is 1.54. The van der Waals surface area contributed by atoms with E-state index in [1.165, 1.54) is 11.1 Å². The normalized spacial score (nSPS) is 21.6. The molecule has 0 amide bonds. The molecule has 3 nitrogen and oxygen atoms in total. The van der Waals surface area contributed by atoms with Crippen LogP contribution >= 0.6 is 0 Å². The summed E-state index contributed by atoms with van der Waals surface area (Å²) in [6, 6.07) is 3.80. The van der Waals surface area contributed by atoms with Gasteiger partial charge in [0, 0.05) is 0 Å². The summed E-state index contributed by atoms with van der Waals surface area (Å²) in [5, 5.41) is 9.38. The zero-order chi connectivity index (χ0) is 16.7. The van der Waals surface area contributed by atoms with Gasteiger partial charge >= 0.3 is 5.97 Å². The van der Waals surface area contributed by atoms with Crippen molar-refractivity contribution in [2.75, 3.05) is 7.11 Å². The van der Waals surface area contributed by atoms with Crippen molar-refractivity contribution in [2.24, 2.45) is 17.3 Å². The Bertz CT molecular complexity index is 567.